The third kappa shape index (κ3) is 0.590. The molecule has 4 bridgehead atoms. The molecule has 0 aromatic heterocycles. The summed E-state index contributed by atoms with van der Waals surface area (Å²) in [6.45, 7) is 0. The molecule has 4 unspecified atom stereocenters. The Balaban J connectivity index is 2.08. The second-order valence-electron chi connectivity index (χ2n) is 3.64. The van der Waals surface area contributed by atoms with Gasteiger partial charge in [0.2, 0.25) is 0 Å². The van der Waals surface area contributed by atoms with Gasteiger partial charge in [-0.3, -0.25) is 4.79 Å². The Kier molecular flexibility index (Phi) is 0.946. The van der Waals surface area contributed by atoms with Gasteiger partial charge >= 0.3 is 0 Å². The van der Waals surface area contributed by atoms with Crippen molar-refractivity contribution in [2.45, 2.75) is 25.0 Å². The highest BCUT2D eigenvalue weighted by molar-refractivity contribution is 5.88. The van der Waals surface area contributed by atoms with Crippen LogP contribution in [0.5, 0.6) is 0 Å². The maximum absolute atomic E-state index is 11.5. The average Bonchev–Trinajstić information content (AvgIpc) is 2.42. The van der Waals surface area contributed by atoms with Crippen LogP contribution in [0.3, 0.4) is 0 Å². The molecule has 1 saturated heterocycles. The summed E-state index contributed by atoms with van der Waals surface area (Å²) in [5, 5.41) is 0. The Bertz CT molecular complexity index is 222. The fraction of sp³-hybridized carbons (Fsp3) is 0.667. The Morgan fingerprint density at radius 2 is 1.73 bits per heavy atom. The topological polar surface area (TPSA) is 26.3 Å². The molecular formula is C9H10O2. The lowest BCUT2D eigenvalue weighted by Gasteiger charge is -2.26. The Labute approximate surface area is 65.2 Å². The zero-order valence-corrected chi connectivity index (χ0v) is 6.19. The Morgan fingerprint density at radius 1 is 1.18 bits per heavy atom. The number of ketones is 1. The van der Waals surface area contributed by atoms with Crippen LogP contribution in [0.2, 0.25) is 0 Å². The van der Waals surface area contributed by atoms with Gasteiger partial charge in [0, 0.05) is 11.8 Å². The van der Waals surface area contributed by atoms with Gasteiger partial charge in [0.1, 0.15) is 5.78 Å². The number of carbonyl (C=O) groups excluding carboxylic acids is 1. The SMILES string of the molecule is O=C1C2CCC1C1C=CC2O1. The molecule has 58 valence electrons. The van der Waals surface area contributed by atoms with Crippen molar-refractivity contribution in [3.8, 4) is 0 Å². The molecule has 2 heteroatoms. The molecule has 0 aromatic carbocycles. The number of rotatable bonds is 0. The van der Waals surface area contributed by atoms with Crippen molar-refractivity contribution in [2.75, 3.05) is 0 Å². The average molecular weight is 150 g/mol. The van der Waals surface area contributed by atoms with E-state index in [4.69, 9.17) is 4.74 Å². The molecule has 1 aliphatic carbocycles. The van der Waals surface area contributed by atoms with Gasteiger partial charge in [0.25, 0.3) is 0 Å². The molecule has 1 saturated carbocycles. The molecule has 0 amide bonds. The summed E-state index contributed by atoms with van der Waals surface area (Å²) in [5.41, 5.74) is 0. The summed E-state index contributed by atoms with van der Waals surface area (Å²) in [6.07, 6.45) is 6.49. The third-order valence-electron chi connectivity index (χ3n) is 3.12. The van der Waals surface area contributed by atoms with E-state index in [-0.39, 0.29) is 24.0 Å². The summed E-state index contributed by atoms with van der Waals surface area (Å²) in [5.74, 6) is 0.862. The van der Waals surface area contributed by atoms with Gasteiger partial charge in [0.15, 0.2) is 0 Å². The van der Waals surface area contributed by atoms with Crippen LogP contribution in [0.15, 0.2) is 12.2 Å². The van der Waals surface area contributed by atoms with Crippen LogP contribution in [0.25, 0.3) is 0 Å². The number of ether oxygens (including phenoxy) is 1. The predicted molar refractivity (Wildman–Crippen MR) is 39.0 cm³/mol. The van der Waals surface area contributed by atoms with Crippen molar-refractivity contribution >= 4 is 5.78 Å². The van der Waals surface area contributed by atoms with Gasteiger partial charge < -0.3 is 4.74 Å². The standard InChI is InChI=1S/C9H10O2/c10-9-5-1-2-6(9)8-4-3-7(5)11-8/h3-8H,1-2H2. The first-order chi connectivity index (χ1) is 5.36. The first-order valence-corrected chi connectivity index (χ1v) is 4.24. The van der Waals surface area contributed by atoms with E-state index in [1.54, 1.807) is 0 Å². The molecule has 11 heavy (non-hydrogen) atoms. The number of fused-ring (bicyclic) bond motifs is 6. The zero-order chi connectivity index (χ0) is 7.42. The van der Waals surface area contributed by atoms with E-state index in [2.05, 4.69) is 12.2 Å². The number of Topliss-reactive ketones (excluding diaryl/α,β-unsaturated/α-hetero) is 1. The Morgan fingerprint density at radius 3 is 2.27 bits per heavy atom. The molecule has 2 aliphatic heterocycles. The van der Waals surface area contributed by atoms with Crippen LogP contribution in [0.1, 0.15) is 12.8 Å². The maximum Gasteiger partial charge on any atom is 0.144 e. The smallest absolute Gasteiger partial charge is 0.144 e. The molecule has 0 N–H and O–H groups in total. The zero-order valence-electron chi connectivity index (χ0n) is 6.19. The van der Waals surface area contributed by atoms with Crippen molar-refractivity contribution < 1.29 is 9.53 Å². The molecule has 2 heterocycles. The van der Waals surface area contributed by atoms with Gasteiger partial charge in [-0.05, 0) is 12.8 Å². The third-order valence-corrected chi connectivity index (χ3v) is 3.12. The van der Waals surface area contributed by atoms with Crippen molar-refractivity contribution in [1.82, 2.24) is 0 Å². The number of hydrogen-bond acceptors (Lipinski definition) is 2. The first-order valence-electron chi connectivity index (χ1n) is 4.24. The second kappa shape index (κ2) is 1.75. The van der Waals surface area contributed by atoms with E-state index >= 15 is 0 Å². The molecule has 2 nitrogen and oxygen atoms in total. The van der Waals surface area contributed by atoms with Gasteiger partial charge in [-0.1, -0.05) is 12.2 Å². The highest BCUT2D eigenvalue weighted by atomic mass is 16.5. The first kappa shape index (κ1) is 5.95. The van der Waals surface area contributed by atoms with Crippen LogP contribution in [0.4, 0.5) is 0 Å². The van der Waals surface area contributed by atoms with E-state index in [1.807, 2.05) is 0 Å². The summed E-state index contributed by atoms with van der Waals surface area (Å²) in [4.78, 5) is 11.5. The minimum atomic E-state index is 0.131. The summed E-state index contributed by atoms with van der Waals surface area (Å²) >= 11 is 0. The fourth-order valence-corrected chi connectivity index (χ4v) is 2.52. The van der Waals surface area contributed by atoms with E-state index in [0.29, 0.717) is 5.78 Å². The molecule has 4 atom stereocenters. The molecule has 3 aliphatic rings. The minimum Gasteiger partial charge on any atom is -0.365 e. The van der Waals surface area contributed by atoms with Crippen molar-refractivity contribution in [3.05, 3.63) is 12.2 Å². The van der Waals surface area contributed by atoms with Crippen LogP contribution in [0, 0.1) is 11.8 Å². The normalized spacial score (nSPS) is 52.2. The van der Waals surface area contributed by atoms with Gasteiger partial charge in [0.05, 0.1) is 12.2 Å². The van der Waals surface area contributed by atoms with Crippen molar-refractivity contribution in [1.29, 1.82) is 0 Å². The summed E-state index contributed by atoms with van der Waals surface area (Å²) < 4.78 is 5.62. The largest absolute Gasteiger partial charge is 0.365 e. The van der Waals surface area contributed by atoms with E-state index in [1.165, 1.54) is 0 Å². The summed E-state index contributed by atoms with van der Waals surface area (Å²) in [7, 11) is 0. The highest BCUT2D eigenvalue weighted by Gasteiger charge is 2.50. The van der Waals surface area contributed by atoms with E-state index < -0.39 is 0 Å². The highest BCUT2D eigenvalue weighted by Crippen LogP contribution is 2.43. The van der Waals surface area contributed by atoms with Gasteiger partial charge in [-0.2, -0.15) is 0 Å². The minimum absolute atomic E-state index is 0.131. The quantitative estimate of drug-likeness (QED) is 0.480. The van der Waals surface area contributed by atoms with E-state index in [9.17, 15) is 4.79 Å². The van der Waals surface area contributed by atoms with Crippen LogP contribution in [-0.4, -0.2) is 18.0 Å². The molecule has 0 spiro atoms. The maximum atomic E-state index is 11.5. The lowest BCUT2D eigenvalue weighted by molar-refractivity contribution is -0.138. The molecular weight excluding hydrogens is 140 g/mol. The molecule has 3 rings (SSSR count). The van der Waals surface area contributed by atoms with Crippen LogP contribution in [-0.2, 0) is 9.53 Å². The van der Waals surface area contributed by atoms with Gasteiger partial charge in [-0.15, -0.1) is 0 Å². The lowest BCUT2D eigenvalue weighted by atomic mass is 9.95. The van der Waals surface area contributed by atoms with E-state index in [0.717, 1.165) is 12.8 Å². The summed E-state index contributed by atoms with van der Waals surface area (Å²) in [6, 6.07) is 0. The molecule has 0 radical (unpaired) electrons. The van der Waals surface area contributed by atoms with Crippen LogP contribution >= 0.6 is 0 Å². The Hall–Kier alpha value is -0.630. The van der Waals surface area contributed by atoms with Crippen LogP contribution < -0.4 is 0 Å². The van der Waals surface area contributed by atoms with Gasteiger partial charge in [-0.25, -0.2) is 0 Å². The van der Waals surface area contributed by atoms with Crippen molar-refractivity contribution in [3.63, 3.8) is 0 Å². The monoisotopic (exact) mass is 150 g/mol. The second-order valence-corrected chi connectivity index (χ2v) is 3.64. The number of carbonyl (C=O) groups is 1. The molecule has 2 fully saturated rings. The number of hydrogen-bond donors (Lipinski definition) is 0. The molecule has 0 aromatic rings. The fourth-order valence-electron chi connectivity index (χ4n) is 2.52. The van der Waals surface area contributed by atoms with Crippen molar-refractivity contribution in [2.24, 2.45) is 11.8 Å². The lowest BCUT2D eigenvalue weighted by Crippen LogP contribution is -2.37. The predicted octanol–water partition coefficient (Wildman–Crippen LogP) is 0.919.